The minimum Gasteiger partial charge on any atom is -0.454 e. The Morgan fingerprint density at radius 2 is 1.91 bits per heavy atom. The van der Waals surface area contributed by atoms with Crippen molar-refractivity contribution in [3.05, 3.63) is 82.0 Å². The summed E-state index contributed by atoms with van der Waals surface area (Å²) < 4.78 is 13.9. The molecule has 2 aromatic carbocycles. The lowest BCUT2D eigenvalue weighted by molar-refractivity contribution is 0.0457. The van der Waals surface area contributed by atoms with Crippen LogP contribution in [0.15, 0.2) is 62.7 Å². The van der Waals surface area contributed by atoms with Crippen LogP contribution in [0.25, 0.3) is 16.7 Å². The van der Waals surface area contributed by atoms with E-state index < -0.39 is 5.97 Å². The van der Waals surface area contributed by atoms with Crippen molar-refractivity contribution >= 4 is 34.4 Å². The van der Waals surface area contributed by atoms with Gasteiger partial charge in [0.15, 0.2) is 18.3 Å². The molecule has 33 heavy (non-hydrogen) atoms. The van der Waals surface area contributed by atoms with E-state index in [-0.39, 0.29) is 12.2 Å². The first kappa shape index (κ1) is 20.9. The lowest BCUT2D eigenvalue weighted by Crippen LogP contribution is -2.20. The summed E-state index contributed by atoms with van der Waals surface area (Å²) in [6.07, 6.45) is 0. The predicted octanol–water partition coefficient (Wildman–Crippen LogP) is 2.92. The zero-order valence-corrected chi connectivity index (χ0v) is 18.6. The summed E-state index contributed by atoms with van der Waals surface area (Å²) in [5.41, 5.74) is 0.902. The van der Waals surface area contributed by atoms with E-state index in [4.69, 9.17) is 9.26 Å². The van der Waals surface area contributed by atoms with E-state index in [0.29, 0.717) is 45.5 Å². The highest BCUT2D eigenvalue weighted by Gasteiger charge is 2.18. The fourth-order valence-electron chi connectivity index (χ4n) is 3.49. The van der Waals surface area contributed by atoms with Crippen molar-refractivity contribution in [2.45, 2.75) is 24.2 Å². The summed E-state index contributed by atoms with van der Waals surface area (Å²) in [4.78, 5) is 30.4. The molecule has 0 aliphatic heterocycles. The highest BCUT2D eigenvalue weighted by Crippen LogP contribution is 2.26. The van der Waals surface area contributed by atoms with Crippen molar-refractivity contribution < 1.29 is 14.1 Å². The van der Waals surface area contributed by atoms with E-state index in [2.05, 4.69) is 20.3 Å². The third kappa shape index (κ3) is 3.87. The number of benzene rings is 2. The number of carbonyl (C=O) groups excluding carboxylic acids is 1. The summed E-state index contributed by atoms with van der Waals surface area (Å²) in [7, 11) is 1.63. The number of rotatable bonds is 6. The van der Waals surface area contributed by atoms with Gasteiger partial charge in [-0.25, -0.2) is 4.79 Å². The van der Waals surface area contributed by atoms with Crippen LogP contribution in [0.4, 0.5) is 0 Å². The van der Waals surface area contributed by atoms with Gasteiger partial charge in [-0.05, 0) is 31.2 Å². The molecule has 11 heteroatoms. The number of fused-ring (bicyclic) bond motifs is 3. The number of thioether (sulfide) groups is 1. The van der Waals surface area contributed by atoms with Gasteiger partial charge >= 0.3 is 5.97 Å². The molecular weight excluding hydrogens is 444 g/mol. The maximum Gasteiger partial charge on any atom is 0.339 e. The second kappa shape index (κ2) is 8.51. The molecule has 0 saturated heterocycles. The Hall–Kier alpha value is -3.99. The molecule has 3 heterocycles. The SMILES string of the molecule is Cc1noc(CSc2ccccc2C(=O)OCc2nnc3n(C)c(=O)c4ccccc4n23)n1. The number of aryl methyl sites for hydroxylation is 2. The van der Waals surface area contributed by atoms with E-state index in [9.17, 15) is 9.59 Å². The Labute approximate surface area is 191 Å². The summed E-state index contributed by atoms with van der Waals surface area (Å²) in [5, 5.41) is 12.6. The molecule has 0 aliphatic carbocycles. The molecule has 0 saturated carbocycles. The topological polar surface area (TPSA) is 117 Å². The lowest BCUT2D eigenvalue weighted by atomic mass is 10.2. The number of nitrogens with zero attached hydrogens (tertiary/aromatic N) is 6. The Morgan fingerprint density at radius 3 is 2.73 bits per heavy atom. The maximum absolute atomic E-state index is 12.9. The van der Waals surface area contributed by atoms with Crippen molar-refractivity contribution in [2.75, 3.05) is 0 Å². The minimum atomic E-state index is -0.495. The molecule has 0 spiro atoms. The molecule has 3 aromatic heterocycles. The van der Waals surface area contributed by atoms with E-state index >= 15 is 0 Å². The zero-order valence-electron chi connectivity index (χ0n) is 17.8. The van der Waals surface area contributed by atoms with Crippen molar-refractivity contribution in [1.82, 2.24) is 29.3 Å². The van der Waals surface area contributed by atoms with Crippen LogP contribution < -0.4 is 5.56 Å². The highest BCUT2D eigenvalue weighted by molar-refractivity contribution is 7.98. The summed E-state index contributed by atoms with van der Waals surface area (Å²) >= 11 is 1.40. The highest BCUT2D eigenvalue weighted by atomic mass is 32.2. The number of esters is 1. The number of aromatic nitrogens is 6. The standard InChI is InChI=1S/C22H18N6O4S/c1-13-23-19(32-26-13)12-33-17-10-6-4-8-15(17)21(30)31-11-18-24-25-22-27(2)20(29)14-7-3-5-9-16(14)28(18)22/h3-10H,11-12H2,1-2H3. The molecule has 5 rings (SSSR count). The Kier molecular flexibility index (Phi) is 5.38. The van der Waals surface area contributed by atoms with Gasteiger partial charge in [-0.2, -0.15) is 4.98 Å². The van der Waals surface area contributed by atoms with E-state index in [0.717, 1.165) is 4.90 Å². The summed E-state index contributed by atoms with van der Waals surface area (Å²) in [5.74, 6) is 1.76. The summed E-state index contributed by atoms with van der Waals surface area (Å²) in [6, 6.07) is 14.3. The normalized spacial score (nSPS) is 11.3. The van der Waals surface area contributed by atoms with Crippen molar-refractivity contribution in [2.24, 2.45) is 7.05 Å². The quantitative estimate of drug-likeness (QED) is 0.277. The lowest BCUT2D eigenvalue weighted by Gasteiger charge is -2.10. The van der Waals surface area contributed by atoms with Crippen LogP contribution in [-0.4, -0.2) is 35.3 Å². The number of hydrogen-bond acceptors (Lipinski definition) is 9. The van der Waals surface area contributed by atoms with E-state index in [1.165, 1.54) is 16.3 Å². The molecule has 0 atom stereocenters. The number of hydrogen-bond donors (Lipinski definition) is 0. The fraction of sp³-hybridized carbons (Fsp3) is 0.182. The summed E-state index contributed by atoms with van der Waals surface area (Å²) in [6.45, 7) is 1.64. The van der Waals surface area contributed by atoms with Crippen LogP contribution >= 0.6 is 11.8 Å². The van der Waals surface area contributed by atoms with E-state index in [1.54, 1.807) is 42.6 Å². The third-order valence-corrected chi connectivity index (χ3v) is 6.11. The molecule has 0 amide bonds. The first-order valence-corrected chi connectivity index (χ1v) is 11.0. The van der Waals surface area contributed by atoms with Crippen LogP contribution in [0.2, 0.25) is 0 Å². The Bertz CT molecular complexity index is 1550. The second-order valence-electron chi connectivity index (χ2n) is 7.23. The van der Waals surface area contributed by atoms with Gasteiger partial charge in [0.2, 0.25) is 11.7 Å². The zero-order chi connectivity index (χ0) is 22.9. The molecule has 0 N–H and O–H groups in total. The number of carbonyl (C=O) groups is 1. The minimum absolute atomic E-state index is 0.107. The molecule has 0 radical (unpaired) electrons. The van der Waals surface area contributed by atoms with Gasteiger partial charge in [0.25, 0.3) is 5.56 Å². The molecule has 0 bridgehead atoms. The largest absolute Gasteiger partial charge is 0.454 e. The predicted molar refractivity (Wildman–Crippen MR) is 120 cm³/mol. The Balaban J connectivity index is 1.40. The average Bonchev–Trinajstić information content (AvgIpc) is 3.46. The second-order valence-corrected chi connectivity index (χ2v) is 8.25. The molecule has 10 nitrogen and oxygen atoms in total. The monoisotopic (exact) mass is 462 g/mol. The molecule has 0 unspecified atom stereocenters. The number of ether oxygens (including phenoxy) is 1. The smallest absolute Gasteiger partial charge is 0.339 e. The van der Waals surface area contributed by atoms with Crippen molar-refractivity contribution in [1.29, 1.82) is 0 Å². The van der Waals surface area contributed by atoms with Gasteiger partial charge in [-0.3, -0.25) is 13.8 Å². The van der Waals surface area contributed by atoms with Gasteiger partial charge in [0, 0.05) is 11.9 Å². The molecule has 5 aromatic rings. The fourth-order valence-corrected chi connectivity index (χ4v) is 4.37. The van der Waals surface area contributed by atoms with Gasteiger partial charge < -0.3 is 9.26 Å². The molecule has 0 fully saturated rings. The van der Waals surface area contributed by atoms with Crippen LogP contribution in [-0.2, 0) is 24.1 Å². The van der Waals surface area contributed by atoms with Gasteiger partial charge in [0.1, 0.15) is 0 Å². The van der Waals surface area contributed by atoms with Crippen molar-refractivity contribution in [3.63, 3.8) is 0 Å². The van der Waals surface area contributed by atoms with Crippen LogP contribution in [0.5, 0.6) is 0 Å². The molecule has 0 aliphatic rings. The van der Waals surface area contributed by atoms with Crippen molar-refractivity contribution in [3.8, 4) is 0 Å². The average molecular weight is 462 g/mol. The van der Waals surface area contributed by atoms with Gasteiger partial charge in [-0.15, -0.1) is 22.0 Å². The molecule has 166 valence electrons. The van der Waals surface area contributed by atoms with Crippen LogP contribution in [0.1, 0.15) is 27.9 Å². The van der Waals surface area contributed by atoms with Gasteiger partial charge in [0.05, 0.1) is 22.2 Å². The third-order valence-electron chi connectivity index (χ3n) is 5.05. The van der Waals surface area contributed by atoms with Crippen LogP contribution in [0.3, 0.4) is 0 Å². The van der Waals surface area contributed by atoms with Gasteiger partial charge in [-0.1, -0.05) is 29.4 Å². The number of para-hydroxylation sites is 1. The van der Waals surface area contributed by atoms with Crippen LogP contribution in [0, 0.1) is 6.92 Å². The first-order valence-electron chi connectivity index (χ1n) is 10.0. The Morgan fingerprint density at radius 1 is 1.12 bits per heavy atom. The first-order chi connectivity index (χ1) is 16.0. The molecular formula is C22H18N6O4S. The maximum atomic E-state index is 12.9. The van der Waals surface area contributed by atoms with E-state index in [1.807, 2.05) is 24.3 Å².